The molecule has 2 N–H and O–H groups in total. The molecule has 1 fully saturated rings. The van der Waals surface area contributed by atoms with Crippen molar-refractivity contribution in [3.8, 4) is 6.07 Å². The molecule has 3 aliphatic rings. The molecule has 0 saturated carbocycles. The van der Waals surface area contributed by atoms with Crippen LogP contribution >= 0.6 is 15.9 Å². The molecule has 5 nitrogen and oxygen atoms in total. The fraction of sp³-hybridized carbons (Fsp3) is 0.273. The number of esters is 1. The first-order chi connectivity index (χ1) is 13.6. The van der Waals surface area contributed by atoms with Crippen molar-refractivity contribution in [2.24, 2.45) is 5.41 Å². The highest BCUT2D eigenvalue weighted by atomic mass is 79.9. The molecule has 3 atom stereocenters. The van der Waals surface area contributed by atoms with Crippen molar-refractivity contribution in [3.63, 3.8) is 0 Å². The van der Waals surface area contributed by atoms with E-state index in [0.29, 0.717) is 0 Å². The lowest BCUT2D eigenvalue weighted by Crippen LogP contribution is -2.50. The van der Waals surface area contributed by atoms with Gasteiger partial charge in [0.15, 0.2) is 0 Å². The zero-order valence-electron chi connectivity index (χ0n) is 15.3. The van der Waals surface area contributed by atoms with Crippen LogP contribution in [-0.2, 0) is 14.9 Å². The van der Waals surface area contributed by atoms with E-state index >= 15 is 0 Å². The van der Waals surface area contributed by atoms with E-state index < -0.39 is 22.8 Å². The first-order valence-electron chi connectivity index (χ1n) is 9.20. The lowest BCUT2D eigenvalue weighted by molar-refractivity contribution is -0.147. The van der Waals surface area contributed by atoms with E-state index in [4.69, 9.17) is 4.74 Å². The van der Waals surface area contributed by atoms with Crippen molar-refractivity contribution in [2.45, 2.75) is 17.9 Å². The van der Waals surface area contributed by atoms with Crippen LogP contribution in [0.2, 0.25) is 0 Å². The Kier molecular flexibility index (Phi) is 3.62. The maximum absolute atomic E-state index is 13.2. The summed E-state index contributed by atoms with van der Waals surface area (Å²) in [7, 11) is 1.35. The van der Waals surface area contributed by atoms with Crippen molar-refractivity contribution in [1.29, 1.82) is 5.26 Å². The number of hydrogen-bond donors (Lipinski definition) is 2. The van der Waals surface area contributed by atoms with Gasteiger partial charge >= 0.3 is 5.97 Å². The Hall–Kier alpha value is -2.78. The van der Waals surface area contributed by atoms with E-state index in [2.05, 4.69) is 38.7 Å². The number of nitrogens with one attached hydrogen (secondary N) is 2. The molecule has 2 aromatic carbocycles. The maximum atomic E-state index is 13.2. The third kappa shape index (κ3) is 1.87. The summed E-state index contributed by atoms with van der Waals surface area (Å²) in [6.45, 7) is 0.796. The molecule has 0 amide bonds. The SMILES string of the molecule is COC(=O)[C@@]1(C#N)C(c2ccc(Br)cc2)=C2NCCC23c2ccccc2NC31. The summed E-state index contributed by atoms with van der Waals surface area (Å²) in [5, 5.41) is 17.5. The molecule has 5 rings (SSSR count). The van der Waals surface area contributed by atoms with Gasteiger partial charge in [0.05, 0.1) is 24.6 Å². The molecule has 0 radical (unpaired) electrons. The highest BCUT2D eigenvalue weighted by Gasteiger charge is 2.71. The number of ether oxygens (including phenoxy) is 1. The third-order valence-corrected chi connectivity index (χ3v) is 6.89. The number of rotatable bonds is 2. The van der Waals surface area contributed by atoms with E-state index in [1.54, 1.807) is 0 Å². The van der Waals surface area contributed by atoms with E-state index in [9.17, 15) is 10.1 Å². The summed E-state index contributed by atoms with van der Waals surface area (Å²) in [5.41, 5.74) is 2.77. The van der Waals surface area contributed by atoms with Crippen LogP contribution < -0.4 is 10.6 Å². The molecule has 28 heavy (non-hydrogen) atoms. The van der Waals surface area contributed by atoms with Gasteiger partial charge in [-0.2, -0.15) is 5.26 Å². The predicted molar refractivity (Wildman–Crippen MR) is 109 cm³/mol. The second kappa shape index (κ2) is 5.86. The monoisotopic (exact) mass is 435 g/mol. The van der Waals surface area contributed by atoms with Crippen LogP contribution in [0.4, 0.5) is 5.69 Å². The van der Waals surface area contributed by atoms with E-state index in [0.717, 1.165) is 45.5 Å². The largest absolute Gasteiger partial charge is 0.468 e. The first-order valence-corrected chi connectivity index (χ1v) is 9.99. The zero-order chi connectivity index (χ0) is 19.5. The lowest BCUT2D eigenvalue weighted by atomic mass is 9.69. The van der Waals surface area contributed by atoms with Crippen molar-refractivity contribution >= 4 is 33.2 Å². The van der Waals surface area contributed by atoms with Crippen LogP contribution in [0.15, 0.2) is 58.7 Å². The van der Waals surface area contributed by atoms with Gasteiger partial charge in [-0.15, -0.1) is 0 Å². The number of nitrogens with zero attached hydrogens (tertiary/aromatic N) is 1. The van der Waals surface area contributed by atoms with Crippen LogP contribution in [-0.4, -0.2) is 25.7 Å². The highest BCUT2D eigenvalue weighted by Crippen LogP contribution is 2.65. The van der Waals surface area contributed by atoms with Gasteiger partial charge in [-0.25, -0.2) is 4.79 Å². The number of hydrogen-bond acceptors (Lipinski definition) is 5. The van der Waals surface area contributed by atoms with Crippen LogP contribution in [0, 0.1) is 16.7 Å². The average molecular weight is 436 g/mol. The predicted octanol–water partition coefficient (Wildman–Crippen LogP) is 3.58. The first kappa shape index (κ1) is 17.3. The molecular weight excluding hydrogens is 418 g/mol. The van der Waals surface area contributed by atoms with Crippen molar-refractivity contribution in [2.75, 3.05) is 19.0 Å². The van der Waals surface area contributed by atoms with Crippen LogP contribution in [0.3, 0.4) is 0 Å². The number of fused-ring (bicyclic) bond motifs is 1. The number of carbonyl (C=O) groups is 1. The Morgan fingerprint density at radius 2 is 2.00 bits per heavy atom. The molecule has 2 unspecified atom stereocenters. The van der Waals surface area contributed by atoms with Gasteiger partial charge in [-0.3, -0.25) is 0 Å². The summed E-state index contributed by atoms with van der Waals surface area (Å²) in [6.07, 6.45) is 0.817. The quantitative estimate of drug-likeness (QED) is 0.705. The molecule has 1 saturated heterocycles. The van der Waals surface area contributed by atoms with Gasteiger partial charge in [0.25, 0.3) is 0 Å². The summed E-state index contributed by atoms with van der Waals surface area (Å²) in [6, 6.07) is 17.8. The summed E-state index contributed by atoms with van der Waals surface area (Å²) in [4.78, 5) is 13.2. The Morgan fingerprint density at radius 1 is 1.25 bits per heavy atom. The standard InChI is InChI=1S/C22H18BrN3O2/c1-28-20(27)22(12-24)17(13-6-8-14(23)9-7-13)18-21(10-11-25-18)15-4-2-3-5-16(15)26-19(21)22/h2-9,19,25-26H,10-11H2,1H3/t19?,21?,22-/m0/s1. The minimum absolute atomic E-state index is 0.418. The molecule has 1 aliphatic carbocycles. The Bertz CT molecular complexity index is 1070. The third-order valence-electron chi connectivity index (χ3n) is 6.36. The Morgan fingerprint density at radius 3 is 2.71 bits per heavy atom. The number of carbonyl (C=O) groups excluding carboxylic acids is 1. The van der Waals surface area contributed by atoms with Gasteiger partial charge in [-0.1, -0.05) is 46.3 Å². The zero-order valence-corrected chi connectivity index (χ0v) is 16.8. The second-order valence-electron chi connectivity index (χ2n) is 7.44. The summed E-state index contributed by atoms with van der Waals surface area (Å²) >= 11 is 3.47. The van der Waals surface area contributed by atoms with Crippen molar-refractivity contribution in [3.05, 3.63) is 69.8 Å². The summed E-state index contributed by atoms with van der Waals surface area (Å²) in [5.74, 6) is -0.527. The molecule has 1 spiro atoms. The average Bonchev–Trinajstić information content (AvgIpc) is 3.35. The number of anilines is 1. The molecular formula is C22H18BrN3O2. The van der Waals surface area contributed by atoms with Gasteiger partial charge in [0, 0.05) is 28.0 Å². The fourth-order valence-electron chi connectivity index (χ4n) is 5.32. The number of nitriles is 1. The van der Waals surface area contributed by atoms with Crippen molar-refractivity contribution in [1.82, 2.24) is 5.32 Å². The molecule has 2 aliphatic heterocycles. The Balaban J connectivity index is 1.87. The number of para-hydroxylation sites is 1. The van der Waals surface area contributed by atoms with Gasteiger partial charge < -0.3 is 15.4 Å². The molecule has 0 aromatic heterocycles. The van der Waals surface area contributed by atoms with Crippen LogP contribution in [0.5, 0.6) is 0 Å². The number of methoxy groups -OCH3 is 1. The van der Waals surface area contributed by atoms with Gasteiger partial charge in [-0.05, 0) is 35.7 Å². The highest BCUT2D eigenvalue weighted by molar-refractivity contribution is 9.10. The molecule has 6 heteroatoms. The van der Waals surface area contributed by atoms with E-state index in [-0.39, 0.29) is 0 Å². The topological polar surface area (TPSA) is 74.2 Å². The molecule has 2 heterocycles. The van der Waals surface area contributed by atoms with Crippen LogP contribution in [0.1, 0.15) is 17.5 Å². The van der Waals surface area contributed by atoms with E-state index in [1.165, 1.54) is 7.11 Å². The Labute approximate surface area is 171 Å². The molecule has 0 bridgehead atoms. The number of benzene rings is 2. The van der Waals surface area contributed by atoms with Crippen LogP contribution in [0.25, 0.3) is 5.57 Å². The minimum Gasteiger partial charge on any atom is -0.468 e. The summed E-state index contributed by atoms with van der Waals surface area (Å²) < 4.78 is 6.14. The maximum Gasteiger partial charge on any atom is 0.333 e. The van der Waals surface area contributed by atoms with Crippen molar-refractivity contribution < 1.29 is 9.53 Å². The molecule has 2 aromatic rings. The fourth-order valence-corrected chi connectivity index (χ4v) is 5.59. The van der Waals surface area contributed by atoms with E-state index in [1.807, 2.05) is 42.5 Å². The minimum atomic E-state index is -1.44. The van der Waals surface area contributed by atoms with Gasteiger partial charge in [0.1, 0.15) is 0 Å². The second-order valence-corrected chi connectivity index (χ2v) is 8.36. The number of halogens is 1. The lowest BCUT2D eigenvalue weighted by Gasteiger charge is -2.33. The normalized spacial score (nSPS) is 29.2. The smallest absolute Gasteiger partial charge is 0.333 e. The van der Waals surface area contributed by atoms with Gasteiger partial charge in [0.2, 0.25) is 5.41 Å². The molecule has 140 valence electrons.